The molecule has 1 aromatic heterocycles. The second-order valence-electron chi connectivity index (χ2n) is 4.63. The van der Waals surface area contributed by atoms with Crippen LogP contribution in [0, 0.1) is 0 Å². The van der Waals surface area contributed by atoms with Crippen molar-refractivity contribution in [2.24, 2.45) is 12.0 Å². The Morgan fingerprint density at radius 3 is 3.06 bits per heavy atom. The smallest absolute Gasteiger partial charge is 0.191 e. The van der Waals surface area contributed by atoms with Gasteiger partial charge in [0.25, 0.3) is 0 Å². The Balaban J connectivity index is 1.72. The van der Waals surface area contributed by atoms with Crippen molar-refractivity contribution in [1.29, 1.82) is 0 Å². The largest absolute Gasteiger partial charge is 0.376 e. The first-order valence-corrected chi connectivity index (χ1v) is 6.45. The number of ether oxygens (including phenoxy) is 1. The molecule has 0 saturated carbocycles. The molecule has 1 aliphatic rings. The fraction of sp³-hybridized carbons (Fsp3) is 0.615. The molecule has 2 heterocycles. The van der Waals surface area contributed by atoms with Gasteiger partial charge in [-0.1, -0.05) is 0 Å². The summed E-state index contributed by atoms with van der Waals surface area (Å²) in [7, 11) is 3.81. The minimum atomic E-state index is 0.334. The molecule has 1 aromatic rings. The van der Waals surface area contributed by atoms with Gasteiger partial charge < -0.3 is 19.9 Å². The molecule has 5 heteroatoms. The summed E-state index contributed by atoms with van der Waals surface area (Å²) in [5.41, 5.74) is 1.25. The quantitative estimate of drug-likeness (QED) is 0.616. The molecule has 0 spiro atoms. The highest BCUT2D eigenvalue weighted by atomic mass is 16.5. The van der Waals surface area contributed by atoms with Gasteiger partial charge in [-0.3, -0.25) is 4.99 Å². The normalized spacial score (nSPS) is 20.1. The highest BCUT2D eigenvalue weighted by Crippen LogP contribution is 2.10. The van der Waals surface area contributed by atoms with Crippen LogP contribution in [0.15, 0.2) is 23.5 Å². The number of guanidine groups is 1. The second kappa shape index (κ2) is 6.44. The Labute approximate surface area is 108 Å². The van der Waals surface area contributed by atoms with E-state index in [9.17, 15) is 0 Å². The van der Waals surface area contributed by atoms with Gasteiger partial charge in [-0.25, -0.2) is 0 Å². The second-order valence-corrected chi connectivity index (χ2v) is 4.63. The molecule has 0 bridgehead atoms. The maximum Gasteiger partial charge on any atom is 0.191 e. The van der Waals surface area contributed by atoms with Gasteiger partial charge in [-0.15, -0.1) is 0 Å². The van der Waals surface area contributed by atoms with Gasteiger partial charge >= 0.3 is 0 Å². The summed E-state index contributed by atoms with van der Waals surface area (Å²) in [6.45, 7) is 2.50. The zero-order valence-corrected chi connectivity index (χ0v) is 11.1. The number of aryl methyl sites for hydroxylation is 1. The molecule has 1 aliphatic heterocycles. The molecule has 2 N–H and O–H groups in total. The van der Waals surface area contributed by atoms with Crippen molar-refractivity contribution in [1.82, 2.24) is 15.2 Å². The molecular formula is C13H22N4O. The van der Waals surface area contributed by atoms with Crippen LogP contribution in [0.4, 0.5) is 0 Å². The maximum absolute atomic E-state index is 5.57. The Hall–Kier alpha value is -1.49. The molecule has 1 fully saturated rings. The van der Waals surface area contributed by atoms with Gasteiger partial charge in [0.1, 0.15) is 0 Å². The summed E-state index contributed by atoms with van der Waals surface area (Å²) in [4.78, 5) is 4.20. The molecular weight excluding hydrogens is 228 g/mol. The lowest BCUT2D eigenvalue weighted by atomic mass is 10.2. The van der Waals surface area contributed by atoms with E-state index in [2.05, 4.69) is 27.9 Å². The SMILES string of the molecule is CN=C(NCc1ccn(C)c1)NCC1CCCO1. The first kappa shape index (κ1) is 13.0. The third-order valence-electron chi connectivity index (χ3n) is 3.10. The van der Waals surface area contributed by atoms with E-state index in [-0.39, 0.29) is 0 Å². The van der Waals surface area contributed by atoms with Crippen molar-refractivity contribution in [3.63, 3.8) is 0 Å². The zero-order valence-electron chi connectivity index (χ0n) is 11.1. The summed E-state index contributed by atoms with van der Waals surface area (Å²) in [6, 6.07) is 2.10. The first-order valence-electron chi connectivity index (χ1n) is 6.45. The van der Waals surface area contributed by atoms with E-state index in [1.54, 1.807) is 7.05 Å². The molecule has 1 unspecified atom stereocenters. The highest BCUT2D eigenvalue weighted by Gasteiger charge is 2.15. The number of hydrogen-bond donors (Lipinski definition) is 2. The average molecular weight is 250 g/mol. The average Bonchev–Trinajstić information content (AvgIpc) is 3.01. The van der Waals surface area contributed by atoms with Crippen LogP contribution in [-0.4, -0.2) is 36.8 Å². The summed E-state index contributed by atoms with van der Waals surface area (Å²) < 4.78 is 7.61. The highest BCUT2D eigenvalue weighted by molar-refractivity contribution is 5.79. The molecule has 1 saturated heterocycles. The van der Waals surface area contributed by atoms with Gasteiger partial charge in [-0.05, 0) is 24.5 Å². The standard InChI is InChI=1S/C13H22N4O/c1-14-13(16-9-12-4-3-7-18-12)15-8-11-5-6-17(2)10-11/h5-6,10,12H,3-4,7-9H2,1-2H3,(H2,14,15,16). The van der Waals surface area contributed by atoms with Crippen molar-refractivity contribution < 1.29 is 4.74 Å². The van der Waals surface area contributed by atoms with Crippen molar-refractivity contribution in [2.75, 3.05) is 20.2 Å². The fourth-order valence-corrected chi connectivity index (χ4v) is 2.09. The number of hydrogen-bond acceptors (Lipinski definition) is 2. The Kier molecular flexibility index (Phi) is 4.64. The zero-order chi connectivity index (χ0) is 12.8. The van der Waals surface area contributed by atoms with E-state index in [4.69, 9.17) is 4.74 Å². The number of nitrogens with zero attached hydrogens (tertiary/aromatic N) is 2. The van der Waals surface area contributed by atoms with Crippen LogP contribution in [0.5, 0.6) is 0 Å². The summed E-state index contributed by atoms with van der Waals surface area (Å²) in [6.07, 6.45) is 6.78. The van der Waals surface area contributed by atoms with Crippen LogP contribution >= 0.6 is 0 Å². The van der Waals surface area contributed by atoms with Crippen molar-refractivity contribution in [3.05, 3.63) is 24.0 Å². The van der Waals surface area contributed by atoms with Gasteiger partial charge in [0.05, 0.1) is 6.10 Å². The van der Waals surface area contributed by atoms with E-state index in [0.717, 1.165) is 32.1 Å². The first-order chi connectivity index (χ1) is 8.78. The van der Waals surface area contributed by atoms with Gasteiger partial charge in [-0.2, -0.15) is 0 Å². The molecule has 0 amide bonds. The molecule has 18 heavy (non-hydrogen) atoms. The van der Waals surface area contributed by atoms with Crippen molar-refractivity contribution >= 4 is 5.96 Å². The molecule has 5 nitrogen and oxygen atoms in total. The van der Waals surface area contributed by atoms with Crippen molar-refractivity contribution in [3.8, 4) is 0 Å². The van der Waals surface area contributed by atoms with Crippen LogP contribution in [0.3, 0.4) is 0 Å². The van der Waals surface area contributed by atoms with Gasteiger partial charge in [0.15, 0.2) is 5.96 Å². The number of aromatic nitrogens is 1. The predicted molar refractivity (Wildman–Crippen MR) is 72.6 cm³/mol. The molecule has 0 aromatic carbocycles. The Bertz CT molecular complexity index is 393. The lowest BCUT2D eigenvalue weighted by Gasteiger charge is -2.14. The maximum atomic E-state index is 5.57. The molecule has 1 atom stereocenters. The molecule has 0 radical (unpaired) electrons. The minimum Gasteiger partial charge on any atom is -0.376 e. The van der Waals surface area contributed by atoms with E-state index in [0.29, 0.717) is 6.10 Å². The van der Waals surface area contributed by atoms with Crippen LogP contribution in [0.25, 0.3) is 0 Å². The van der Waals surface area contributed by atoms with Crippen LogP contribution in [0.1, 0.15) is 18.4 Å². The third-order valence-corrected chi connectivity index (χ3v) is 3.10. The van der Waals surface area contributed by atoms with E-state index < -0.39 is 0 Å². The lowest BCUT2D eigenvalue weighted by molar-refractivity contribution is 0.114. The summed E-state index contributed by atoms with van der Waals surface area (Å²) >= 11 is 0. The van der Waals surface area contributed by atoms with Gasteiger partial charge in [0.2, 0.25) is 0 Å². The van der Waals surface area contributed by atoms with Crippen LogP contribution < -0.4 is 10.6 Å². The van der Waals surface area contributed by atoms with Crippen LogP contribution in [0.2, 0.25) is 0 Å². The number of nitrogens with one attached hydrogen (secondary N) is 2. The molecule has 2 rings (SSSR count). The van der Waals surface area contributed by atoms with E-state index in [1.807, 2.05) is 17.8 Å². The predicted octanol–water partition coefficient (Wildman–Crippen LogP) is 0.869. The number of rotatable bonds is 4. The van der Waals surface area contributed by atoms with E-state index in [1.165, 1.54) is 12.0 Å². The van der Waals surface area contributed by atoms with E-state index >= 15 is 0 Å². The summed E-state index contributed by atoms with van der Waals surface area (Å²) in [5.74, 6) is 0.828. The van der Waals surface area contributed by atoms with Crippen molar-refractivity contribution in [2.45, 2.75) is 25.5 Å². The summed E-state index contributed by atoms with van der Waals surface area (Å²) in [5, 5.41) is 6.59. The minimum absolute atomic E-state index is 0.334. The molecule has 0 aliphatic carbocycles. The fourth-order valence-electron chi connectivity index (χ4n) is 2.09. The third kappa shape index (κ3) is 3.77. The lowest BCUT2D eigenvalue weighted by Crippen LogP contribution is -2.40. The monoisotopic (exact) mass is 250 g/mol. The number of aliphatic imine (C=N–C) groups is 1. The Morgan fingerprint density at radius 1 is 1.56 bits per heavy atom. The topological polar surface area (TPSA) is 50.6 Å². The molecule has 100 valence electrons. The van der Waals surface area contributed by atoms with Gasteiger partial charge in [0, 0.05) is 46.2 Å². The Morgan fingerprint density at radius 2 is 2.44 bits per heavy atom. The van der Waals surface area contributed by atoms with Crippen LogP contribution in [-0.2, 0) is 18.3 Å².